The lowest BCUT2D eigenvalue weighted by Gasteiger charge is -2.04. The Balaban J connectivity index is 2.17. The van der Waals surface area contributed by atoms with Crippen molar-refractivity contribution in [1.82, 2.24) is 9.78 Å². The maximum atomic E-state index is 12.0. The van der Waals surface area contributed by atoms with Crippen molar-refractivity contribution < 1.29 is 4.42 Å². The largest absolute Gasteiger partial charge is 0.442 e. The Bertz CT molecular complexity index is 868. The quantitative estimate of drug-likeness (QED) is 0.714. The molecular formula is C15H10Cl2N2O2. The second kappa shape index (κ2) is 5.39. The van der Waals surface area contributed by atoms with Gasteiger partial charge < -0.3 is 4.42 Å². The van der Waals surface area contributed by atoms with E-state index in [0.29, 0.717) is 21.3 Å². The highest BCUT2D eigenvalue weighted by Crippen LogP contribution is 2.26. The summed E-state index contributed by atoms with van der Waals surface area (Å²) in [6.45, 7) is 1.81. The van der Waals surface area contributed by atoms with Crippen LogP contribution in [0.3, 0.4) is 0 Å². The molecule has 0 saturated heterocycles. The van der Waals surface area contributed by atoms with Crippen LogP contribution in [-0.2, 0) is 0 Å². The number of rotatable bonds is 2. The summed E-state index contributed by atoms with van der Waals surface area (Å²) in [5.74, 6) is -0.416. The SMILES string of the molecule is Cc1c(Cl)cccc1-n1nc(-c2ccccc2Cl)oc1=O. The lowest BCUT2D eigenvalue weighted by atomic mass is 10.2. The van der Waals surface area contributed by atoms with Crippen LogP contribution in [0.5, 0.6) is 0 Å². The Morgan fingerprint density at radius 3 is 2.52 bits per heavy atom. The van der Waals surface area contributed by atoms with E-state index in [4.69, 9.17) is 27.6 Å². The van der Waals surface area contributed by atoms with E-state index in [1.54, 1.807) is 42.5 Å². The van der Waals surface area contributed by atoms with Crippen LogP contribution in [0.15, 0.2) is 51.7 Å². The summed E-state index contributed by atoms with van der Waals surface area (Å²) in [6, 6.07) is 12.3. The van der Waals surface area contributed by atoms with Crippen molar-refractivity contribution in [3.05, 3.63) is 68.6 Å². The number of hydrogen-bond acceptors (Lipinski definition) is 3. The van der Waals surface area contributed by atoms with Crippen molar-refractivity contribution >= 4 is 23.2 Å². The molecule has 3 rings (SSSR count). The number of aromatic nitrogens is 2. The lowest BCUT2D eigenvalue weighted by molar-refractivity contribution is 0.516. The Labute approximate surface area is 130 Å². The maximum absolute atomic E-state index is 12.0. The first-order chi connectivity index (χ1) is 10.1. The van der Waals surface area contributed by atoms with E-state index in [0.717, 1.165) is 5.56 Å². The molecular weight excluding hydrogens is 311 g/mol. The molecule has 0 bridgehead atoms. The van der Waals surface area contributed by atoms with Gasteiger partial charge in [0.1, 0.15) is 0 Å². The van der Waals surface area contributed by atoms with Gasteiger partial charge in [0.2, 0.25) is 0 Å². The van der Waals surface area contributed by atoms with E-state index in [9.17, 15) is 4.79 Å². The fourth-order valence-electron chi connectivity index (χ4n) is 2.00. The predicted octanol–water partition coefficient (Wildman–Crippen LogP) is 4.11. The number of hydrogen-bond donors (Lipinski definition) is 0. The lowest BCUT2D eigenvalue weighted by Crippen LogP contribution is -2.14. The highest BCUT2D eigenvalue weighted by molar-refractivity contribution is 6.33. The highest BCUT2D eigenvalue weighted by atomic mass is 35.5. The van der Waals surface area contributed by atoms with Crippen LogP contribution in [0.4, 0.5) is 0 Å². The second-order valence-corrected chi connectivity index (χ2v) is 5.26. The van der Waals surface area contributed by atoms with Crippen LogP contribution in [0.25, 0.3) is 17.1 Å². The molecule has 1 heterocycles. The minimum Gasteiger partial charge on any atom is -0.387 e. The monoisotopic (exact) mass is 320 g/mol. The summed E-state index contributed by atoms with van der Waals surface area (Å²) < 4.78 is 6.38. The fraction of sp³-hybridized carbons (Fsp3) is 0.0667. The van der Waals surface area contributed by atoms with Gasteiger partial charge in [0.25, 0.3) is 5.89 Å². The molecule has 0 radical (unpaired) electrons. The van der Waals surface area contributed by atoms with Gasteiger partial charge in [-0.15, -0.1) is 5.10 Å². The molecule has 0 aliphatic carbocycles. The van der Waals surface area contributed by atoms with Crippen molar-refractivity contribution in [3.63, 3.8) is 0 Å². The zero-order chi connectivity index (χ0) is 15.0. The standard InChI is InChI=1S/C15H10Cl2N2O2/c1-9-11(16)7-4-8-13(9)19-15(20)21-14(18-19)10-5-2-3-6-12(10)17/h2-8H,1H3. The van der Waals surface area contributed by atoms with Gasteiger partial charge in [0.15, 0.2) is 0 Å². The molecule has 0 aliphatic heterocycles. The predicted molar refractivity (Wildman–Crippen MR) is 82.3 cm³/mol. The number of benzene rings is 2. The normalized spacial score (nSPS) is 10.8. The molecule has 21 heavy (non-hydrogen) atoms. The van der Waals surface area contributed by atoms with Gasteiger partial charge in [-0.25, -0.2) is 4.79 Å². The van der Waals surface area contributed by atoms with Gasteiger partial charge in [-0.05, 0) is 36.8 Å². The second-order valence-electron chi connectivity index (χ2n) is 4.45. The molecule has 0 spiro atoms. The first-order valence-corrected chi connectivity index (χ1v) is 6.94. The minimum absolute atomic E-state index is 0.171. The number of halogens is 2. The fourth-order valence-corrected chi connectivity index (χ4v) is 2.39. The van der Waals surface area contributed by atoms with E-state index >= 15 is 0 Å². The van der Waals surface area contributed by atoms with Crippen molar-refractivity contribution in [2.75, 3.05) is 0 Å². The van der Waals surface area contributed by atoms with E-state index in [2.05, 4.69) is 5.10 Å². The minimum atomic E-state index is -0.588. The van der Waals surface area contributed by atoms with Gasteiger partial charge >= 0.3 is 5.76 Å². The van der Waals surface area contributed by atoms with Crippen LogP contribution in [0.2, 0.25) is 10.0 Å². The molecule has 0 unspecified atom stereocenters. The summed E-state index contributed by atoms with van der Waals surface area (Å²) in [5.41, 5.74) is 1.89. The maximum Gasteiger partial charge on any atom is 0.442 e. The third-order valence-electron chi connectivity index (χ3n) is 3.12. The molecule has 4 nitrogen and oxygen atoms in total. The van der Waals surface area contributed by atoms with Gasteiger partial charge in [-0.1, -0.05) is 41.4 Å². The van der Waals surface area contributed by atoms with E-state index < -0.39 is 5.76 Å². The Hall–Kier alpha value is -2.04. The van der Waals surface area contributed by atoms with Crippen LogP contribution >= 0.6 is 23.2 Å². The van der Waals surface area contributed by atoms with Crippen molar-refractivity contribution in [2.45, 2.75) is 6.92 Å². The molecule has 0 amide bonds. The highest BCUT2D eigenvalue weighted by Gasteiger charge is 2.15. The summed E-state index contributed by atoms with van der Waals surface area (Å²) in [4.78, 5) is 12.0. The topological polar surface area (TPSA) is 48.0 Å². The molecule has 0 atom stereocenters. The summed E-state index contributed by atoms with van der Waals surface area (Å²) in [5, 5.41) is 5.23. The molecule has 1 aromatic heterocycles. The van der Waals surface area contributed by atoms with Crippen LogP contribution < -0.4 is 5.76 Å². The first-order valence-electron chi connectivity index (χ1n) is 6.18. The average Bonchev–Trinajstić information content (AvgIpc) is 2.84. The molecule has 106 valence electrons. The van der Waals surface area contributed by atoms with Crippen molar-refractivity contribution in [1.29, 1.82) is 0 Å². The van der Waals surface area contributed by atoms with E-state index in [1.165, 1.54) is 4.68 Å². The van der Waals surface area contributed by atoms with Gasteiger partial charge in [0, 0.05) is 5.02 Å². The van der Waals surface area contributed by atoms with Crippen LogP contribution in [0, 0.1) is 6.92 Å². The Morgan fingerprint density at radius 1 is 1.05 bits per heavy atom. The van der Waals surface area contributed by atoms with E-state index in [1.807, 2.05) is 6.92 Å². The molecule has 2 aromatic carbocycles. The smallest absolute Gasteiger partial charge is 0.387 e. The average molecular weight is 321 g/mol. The number of nitrogens with zero attached hydrogens (tertiary/aromatic N) is 2. The van der Waals surface area contributed by atoms with Gasteiger partial charge in [0.05, 0.1) is 16.3 Å². The third-order valence-corrected chi connectivity index (χ3v) is 3.86. The van der Waals surface area contributed by atoms with Crippen molar-refractivity contribution in [2.24, 2.45) is 0 Å². The Morgan fingerprint density at radius 2 is 1.76 bits per heavy atom. The molecule has 0 aliphatic rings. The first kappa shape index (κ1) is 13.9. The summed E-state index contributed by atoms with van der Waals surface area (Å²) >= 11 is 12.2. The zero-order valence-corrected chi connectivity index (χ0v) is 12.5. The molecule has 0 fully saturated rings. The van der Waals surface area contributed by atoms with Crippen LogP contribution in [-0.4, -0.2) is 9.78 Å². The molecule has 6 heteroatoms. The Kier molecular flexibility index (Phi) is 3.57. The zero-order valence-electron chi connectivity index (χ0n) is 11.0. The molecule has 3 aromatic rings. The van der Waals surface area contributed by atoms with E-state index in [-0.39, 0.29) is 5.89 Å². The van der Waals surface area contributed by atoms with Crippen molar-refractivity contribution in [3.8, 4) is 17.1 Å². The summed E-state index contributed by atoms with van der Waals surface area (Å²) in [7, 11) is 0. The summed E-state index contributed by atoms with van der Waals surface area (Å²) in [6.07, 6.45) is 0. The third kappa shape index (κ3) is 2.48. The molecule has 0 N–H and O–H groups in total. The molecule has 0 saturated carbocycles. The van der Waals surface area contributed by atoms with Gasteiger partial charge in [-0.2, -0.15) is 4.68 Å². The van der Waals surface area contributed by atoms with Crippen LogP contribution in [0.1, 0.15) is 5.56 Å². The van der Waals surface area contributed by atoms with Gasteiger partial charge in [-0.3, -0.25) is 0 Å².